The van der Waals surface area contributed by atoms with Gasteiger partial charge in [0, 0.05) is 31.6 Å². The van der Waals surface area contributed by atoms with Crippen molar-refractivity contribution in [3.05, 3.63) is 45.4 Å². The Balaban J connectivity index is 1.55. The predicted molar refractivity (Wildman–Crippen MR) is 113 cm³/mol. The van der Waals surface area contributed by atoms with Crippen molar-refractivity contribution in [1.82, 2.24) is 19.9 Å². The third-order valence-electron chi connectivity index (χ3n) is 4.73. The molecule has 0 spiro atoms. The summed E-state index contributed by atoms with van der Waals surface area (Å²) in [6.07, 6.45) is 1.88. The molecule has 1 aliphatic rings. The summed E-state index contributed by atoms with van der Waals surface area (Å²) in [7, 11) is -1.63. The molecule has 0 bridgehead atoms. The molecule has 1 fully saturated rings. The van der Waals surface area contributed by atoms with E-state index in [0.29, 0.717) is 37.0 Å². The lowest BCUT2D eigenvalue weighted by Crippen LogP contribution is -2.36. The molecule has 0 unspecified atom stereocenters. The van der Waals surface area contributed by atoms with Crippen LogP contribution in [0.1, 0.15) is 34.0 Å². The Morgan fingerprint density at radius 2 is 1.79 bits per heavy atom. The molecule has 2 aromatic rings. The number of rotatable bonds is 6. The van der Waals surface area contributed by atoms with Gasteiger partial charge in [-0.3, -0.25) is 4.99 Å². The van der Waals surface area contributed by atoms with E-state index in [0.717, 1.165) is 29.1 Å². The maximum Gasteiger partial charge on any atom is 0.243 e. The van der Waals surface area contributed by atoms with Crippen LogP contribution < -0.4 is 10.6 Å². The van der Waals surface area contributed by atoms with Gasteiger partial charge in [0.2, 0.25) is 10.0 Å². The van der Waals surface area contributed by atoms with Crippen LogP contribution in [0, 0.1) is 13.8 Å². The fourth-order valence-electron chi connectivity index (χ4n) is 3.16. The number of guanidine groups is 1. The van der Waals surface area contributed by atoms with Gasteiger partial charge in [0.05, 0.1) is 22.1 Å². The third kappa shape index (κ3) is 4.89. The first-order chi connectivity index (χ1) is 13.4. The molecule has 0 amide bonds. The van der Waals surface area contributed by atoms with Gasteiger partial charge in [-0.1, -0.05) is 12.1 Å². The second-order valence-electron chi connectivity index (χ2n) is 6.78. The van der Waals surface area contributed by atoms with Gasteiger partial charge in [-0.25, -0.2) is 13.4 Å². The smallest absolute Gasteiger partial charge is 0.243 e. The molecule has 7 nitrogen and oxygen atoms in total. The number of benzene rings is 1. The van der Waals surface area contributed by atoms with E-state index in [2.05, 4.69) is 20.6 Å². The average Bonchev–Trinajstić information content (AvgIpc) is 3.32. The summed E-state index contributed by atoms with van der Waals surface area (Å²) in [5, 5.41) is 7.61. The number of nitrogens with zero attached hydrogens (tertiary/aromatic N) is 3. The molecule has 1 aromatic heterocycles. The van der Waals surface area contributed by atoms with Gasteiger partial charge in [-0.05, 0) is 44.4 Å². The fourth-order valence-corrected chi connectivity index (χ4v) is 5.56. The van der Waals surface area contributed by atoms with Crippen LogP contribution in [0.25, 0.3) is 0 Å². The van der Waals surface area contributed by atoms with Crippen LogP contribution in [0.3, 0.4) is 0 Å². The van der Waals surface area contributed by atoms with E-state index in [-0.39, 0.29) is 0 Å². The lowest BCUT2D eigenvalue weighted by molar-refractivity contribution is 0.477. The highest BCUT2D eigenvalue weighted by atomic mass is 32.2. The van der Waals surface area contributed by atoms with Crippen LogP contribution in [0.4, 0.5) is 0 Å². The summed E-state index contributed by atoms with van der Waals surface area (Å²) in [6.45, 7) is 6.48. The highest BCUT2D eigenvalue weighted by Crippen LogP contribution is 2.21. The summed E-state index contributed by atoms with van der Waals surface area (Å²) in [6, 6.07) is 7.06. The maximum absolute atomic E-state index is 12.6. The molecule has 1 aromatic carbocycles. The number of aryl methyl sites for hydroxylation is 2. The average molecular weight is 422 g/mol. The third-order valence-corrected chi connectivity index (χ3v) is 7.71. The second-order valence-corrected chi connectivity index (χ2v) is 10.0. The molecule has 2 heterocycles. The zero-order valence-electron chi connectivity index (χ0n) is 16.5. The number of aromatic nitrogens is 1. The van der Waals surface area contributed by atoms with Crippen LogP contribution >= 0.6 is 11.3 Å². The molecule has 3 rings (SSSR count). The molecule has 0 atom stereocenters. The normalized spacial score (nSPS) is 15.8. The van der Waals surface area contributed by atoms with Gasteiger partial charge < -0.3 is 10.6 Å². The standard InChI is InChI=1S/C19H27N5O2S2/c1-14-18(27-15(2)23-14)13-22-19(20-3)21-12-16-6-8-17(9-7-16)28(25,26)24-10-4-5-11-24/h6-9H,4-5,10-13H2,1-3H3,(H2,20,21,22). The SMILES string of the molecule is CN=C(NCc1ccc(S(=O)(=O)N2CCCC2)cc1)NCc1sc(C)nc1C. The molecule has 152 valence electrons. The van der Waals surface area contributed by atoms with E-state index < -0.39 is 10.0 Å². The minimum absolute atomic E-state index is 0.358. The molecule has 2 N–H and O–H groups in total. The Bertz CT molecular complexity index is 930. The molecule has 0 saturated carbocycles. The van der Waals surface area contributed by atoms with Crippen molar-refractivity contribution >= 4 is 27.3 Å². The minimum atomic E-state index is -3.36. The van der Waals surface area contributed by atoms with Crippen molar-refractivity contribution in [3.8, 4) is 0 Å². The van der Waals surface area contributed by atoms with Crippen molar-refractivity contribution in [2.75, 3.05) is 20.1 Å². The summed E-state index contributed by atoms with van der Waals surface area (Å²) in [5.41, 5.74) is 2.04. The van der Waals surface area contributed by atoms with Crippen LogP contribution in [-0.2, 0) is 23.1 Å². The molecule has 0 radical (unpaired) electrons. The van der Waals surface area contributed by atoms with Gasteiger partial charge in [0.1, 0.15) is 0 Å². The summed E-state index contributed by atoms with van der Waals surface area (Å²) < 4.78 is 26.7. The molecular weight excluding hydrogens is 394 g/mol. The van der Waals surface area contributed by atoms with E-state index in [1.165, 1.54) is 4.88 Å². The first-order valence-electron chi connectivity index (χ1n) is 9.36. The molecular formula is C19H27N5O2S2. The maximum atomic E-state index is 12.6. The van der Waals surface area contributed by atoms with Crippen LogP contribution in [0.2, 0.25) is 0 Å². The zero-order chi connectivity index (χ0) is 20.1. The highest BCUT2D eigenvalue weighted by Gasteiger charge is 2.26. The van der Waals surface area contributed by atoms with Crippen molar-refractivity contribution in [2.24, 2.45) is 4.99 Å². The lowest BCUT2D eigenvalue weighted by Gasteiger charge is -2.16. The Hall–Kier alpha value is -1.97. The van der Waals surface area contributed by atoms with E-state index in [1.54, 1.807) is 34.8 Å². The molecule has 28 heavy (non-hydrogen) atoms. The van der Waals surface area contributed by atoms with Gasteiger partial charge >= 0.3 is 0 Å². The van der Waals surface area contributed by atoms with Crippen LogP contribution in [0.15, 0.2) is 34.2 Å². The Kier molecular flexibility index (Phi) is 6.69. The number of thiazole rings is 1. The van der Waals surface area contributed by atoms with Crippen LogP contribution in [0.5, 0.6) is 0 Å². The number of nitrogens with one attached hydrogen (secondary N) is 2. The van der Waals surface area contributed by atoms with Gasteiger partial charge in [0.15, 0.2) is 5.96 Å². The van der Waals surface area contributed by atoms with Gasteiger partial charge in [-0.15, -0.1) is 11.3 Å². The van der Waals surface area contributed by atoms with E-state index in [4.69, 9.17) is 0 Å². The van der Waals surface area contributed by atoms with E-state index in [9.17, 15) is 8.42 Å². The fraction of sp³-hybridized carbons (Fsp3) is 0.474. The van der Waals surface area contributed by atoms with Gasteiger partial charge in [0.25, 0.3) is 0 Å². The predicted octanol–water partition coefficient (Wildman–Crippen LogP) is 2.41. The molecule has 1 saturated heterocycles. The number of hydrogen-bond acceptors (Lipinski definition) is 5. The first kappa shape index (κ1) is 20.8. The largest absolute Gasteiger partial charge is 0.352 e. The number of aliphatic imine (C=N–C) groups is 1. The quantitative estimate of drug-likeness (QED) is 0.553. The van der Waals surface area contributed by atoms with Crippen molar-refractivity contribution in [2.45, 2.75) is 44.7 Å². The Morgan fingerprint density at radius 1 is 1.14 bits per heavy atom. The minimum Gasteiger partial charge on any atom is -0.352 e. The monoisotopic (exact) mass is 421 g/mol. The summed E-state index contributed by atoms with van der Waals surface area (Å²) in [5.74, 6) is 0.694. The summed E-state index contributed by atoms with van der Waals surface area (Å²) >= 11 is 1.68. The van der Waals surface area contributed by atoms with Crippen LogP contribution in [-0.4, -0.2) is 43.8 Å². The van der Waals surface area contributed by atoms with E-state index in [1.807, 2.05) is 26.0 Å². The highest BCUT2D eigenvalue weighted by molar-refractivity contribution is 7.89. The lowest BCUT2D eigenvalue weighted by atomic mass is 10.2. The second kappa shape index (κ2) is 9.02. The molecule has 9 heteroatoms. The molecule has 1 aliphatic heterocycles. The van der Waals surface area contributed by atoms with Crippen molar-refractivity contribution in [3.63, 3.8) is 0 Å². The Labute approximate surface area is 171 Å². The number of hydrogen-bond donors (Lipinski definition) is 2. The van der Waals surface area contributed by atoms with Crippen molar-refractivity contribution < 1.29 is 8.42 Å². The van der Waals surface area contributed by atoms with E-state index >= 15 is 0 Å². The van der Waals surface area contributed by atoms with Gasteiger partial charge in [-0.2, -0.15) is 4.31 Å². The zero-order valence-corrected chi connectivity index (χ0v) is 18.2. The summed E-state index contributed by atoms with van der Waals surface area (Å²) in [4.78, 5) is 10.2. The topological polar surface area (TPSA) is 86.7 Å². The van der Waals surface area contributed by atoms with Crippen molar-refractivity contribution in [1.29, 1.82) is 0 Å². The number of sulfonamides is 1. The Morgan fingerprint density at radius 3 is 2.36 bits per heavy atom. The molecule has 0 aliphatic carbocycles. The first-order valence-corrected chi connectivity index (χ1v) is 11.6.